The minimum Gasteiger partial charge on any atom is -0.301 e. The van der Waals surface area contributed by atoms with Crippen molar-refractivity contribution in [2.45, 2.75) is 20.8 Å². The molecule has 1 aliphatic heterocycles. The van der Waals surface area contributed by atoms with Gasteiger partial charge in [0.15, 0.2) is 0 Å². The second kappa shape index (κ2) is 7.53. The van der Waals surface area contributed by atoms with Gasteiger partial charge in [-0.25, -0.2) is 5.01 Å². The molecule has 74 valence electrons. The lowest BCUT2D eigenvalue weighted by Gasteiger charge is -2.16. The van der Waals surface area contributed by atoms with E-state index in [4.69, 9.17) is 0 Å². The lowest BCUT2D eigenvalue weighted by molar-refractivity contribution is 0.249. The Morgan fingerprint density at radius 3 is 2.42 bits per heavy atom. The highest BCUT2D eigenvalue weighted by Gasteiger charge is 2.08. The summed E-state index contributed by atoms with van der Waals surface area (Å²) in [5, 5.41) is 2.16. The average molecular weight is 173 g/mol. The average Bonchev–Trinajstić information content (AvgIpc) is 2.33. The van der Waals surface area contributed by atoms with Crippen LogP contribution < -0.4 is 5.43 Å². The van der Waals surface area contributed by atoms with Crippen molar-refractivity contribution in [1.29, 1.82) is 0 Å². The smallest absolute Gasteiger partial charge is 0.0255 e. The lowest BCUT2D eigenvalue weighted by atomic mass is 10.4. The Bertz CT molecular complexity index is 95.8. The normalized spacial score (nSPS) is 21.0. The summed E-state index contributed by atoms with van der Waals surface area (Å²) in [5.41, 5.74) is 3.30. The largest absolute Gasteiger partial charge is 0.301 e. The van der Waals surface area contributed by atoms with Crippen LogP contribution in [0.15, 0.2) is 0 Å². The summed E-state index contributed by atoms with van der Waals surface area (Å²) in [6.07, 6.45) is 0. The van der Waals surface area contributed by atoms with Gasteiger partial charge in [-0.3, -0.25) is 5.43 Å². The van der Waals surface area contributed by atoms with Gasteiger partial charge in [0.25, 0.3) is 0 Å². The summed E-state index contributed by atoms with van der Waals surface area (Å²) in [7, 11) is 2.10. The van der Waals surface area contributed by atoms with Crippen molar-refractivity contribution in [1.82, 2.24) is 15.3 Å². The number of nitrogens with one attached hydrogen (secondary N) is 1. The zero-order chi connectivity index (χ0) is 9.40. The number of hydrogen-bond donors (Lipinski definition) is 1. The molecule has 1 saturated heterocycles. The van der Waals surface area contributed by atoms with Gasteiger partial charge in [0, 0.05) is 33.2 Å². The first kappa shape index (κ1) is 11.9. The van der Waals surface area contributed by atoms with E-state index < -0.39 is 0 Å². The second-order valence-corrected chi connectivity index (χ2v) is 2.76. The van der Waals surface area contributed by atoms with Gasteiger partial charge in [-0.05, 0) is 6.54 Å². The third-order valence-electron chi connectivity index (χ3n) is 2.01. The van der Waals surface area contributed by atoms with Crippen molar-refractivity contribution < 1.29 is 0 Å². The lowest BCUT2D eigenvalue weighted by Crippen LogP contribution is -2.34. The van der Waals surface area contributed by atoms with Gasteiger partial charge in [-0.2, -0.15) is 0 Å². The zero-order valence-electron chi connectivity index (χ0n) is 8.93. The quantitative estimate of drug-likeness (QED) is 0.632. The zero-order valence-corrected chi connectivity index (χ0v) is 8.93. The fraction of sp³-hybridized carbons (Fsp3) is 1.00. The second-order valence-electron chi connectivity index (χ2n) is 2.76. The molecule has 3 nitrogen and oxygen atoms in total. The highest BCUT2D eigenvalue weighted by atomic mass is 15.5. The maximum Gasteiger partial charge on any atom is 0.0255 e. The third-order valence-corrected chi connectivity index (χ3v) is 2.01. The summed E-state index contributed by atoms with van der Waals surface area (Å²) >= 11 is 0. The molecule has 0 saturated carbocycles. The molecule has 0 aromatic heterocycles. The number of rotatable bonds is 1. The maximum atomic E-state index is 3.30. The predicted molar refractivity (Wildman–Crippen MR) is 54.1 cm³/mol. The molecular weight excluding hydrogens is 150 g/mol. The molecule has 1 fully saturated rings. The number of likely N-dealkylation sites (N-methyl/N-ethyl adjacent to an activating group) is 2. The van der Waals surface area contributed by atoms with Crippen molar-refractivity contribution in [3.63, 3.8) is 0 Å². The molecule has 0 radical (unpaired) electrons. The SMILES string of the molecule is CC.CCN1CCNN(C)CC1. The number of nitrogens with zero attached hydrogens (tertiary/aromatic N) is 2. The van der Waals surface area contributed by atoms with E-state index in [1.807, 2.05) is 13.8 Å². The summed E-state index contributed by atoms with van der Waals surface area (Å²) in [4.78, 5) is 2.45. The van der Waals surface area contributed by atoms with Crippen LogP contribution in [0.1, 0.15) is 20.8 Å². The van der Waals surface area contributed by atoms with Crippen molar-refractivity contribution in [2.75, 3.05) is 39.8 Å². The van der Waals surface area contributed by atoms with Gasteiger partial charge >= 0.3 is 0 Å². The summed E-state index contributed by atoms with van der Waals surface area (Å²) in [6.45, 7) is 12.0. The standard InChI is InChI=1S/C7H17N3.C2H6/c1-3-10-5-4-8-9(2)6-7-10;1-2/h8H,3-7H2,1-2H3;1-2H3. The van der Waals surface area contributed by atoms with Crippen LogP contribution in [0.25, 0.3) is 0 Å². The molecule has 1 N–H and O–H groups in total. The topological polar surface area (TPSA) is 18.5 Å². The molecule has 1 aliphatic rings. The van der Waals surface area contributed by atoms with Crippen LogP contribution in [-0.2, 0) is 0 Å². The van der Waals surface area contributed by atoms with Crippen LogP contribution in [0.3, 0.4) is 0 Å². The van der Waals surface area contributed by atoms with Crippen molar-refractivity contribution in [3.05, 3.63) is 0 Å². The fourth-order valence-corrected chi connectivity index (χ4v) is 1.20. The molecule has 0 amide bonds. The fourth-order valence-electron chi connectivity index (χ4n) is 1.20. The monoisotopic (exact) mass is 173 g/mol. The van der Waals surface area contributed by atoms with E-state index in [0.29, 0.717) is 0 Å². The molecule has 0 aliphatic carbocycles. The Morgan fingerprint density at radius 1 is 1.17 bits per heavy atom. The minimum absolute atomic E-state index is 1.09. The van der Waals surface area contributed by atoms with Gasteiger partial charge in [0.05, 0.1) is 0 Å². The van der Waals surface area contributed by atoms with E-state index in [1.54, 1.807) is 0 Å². The molecule has 0 atom stereocenters. The third kappa shape index (κ3) is 4.70. The number of hydrogen-bond acceptors (Lipinski definition) is 3. The summed E-state index contributed by atoms with van der Waals surface area (Å²) in [5.74, 6) is 0. The van der Waals surface area contributed by atoms with Crippen LogP contribution in [0.2, 0.25) is 0 Å². The van der Waals surface area contributed by atoms with Gasteiger partial charge in [0.1, 0.15) is 0 Å². The minimum atomic E-state index is 1.09. The highest BCUT2D eigenvalue weighted by Crippen LogP contribution is 1.91. The first-order valence-corrected chi connectivity index (χ1v) is 5.00. The van der Waals surface area contributed by atoms with E-state index in [1.165, 1.54) is 19.6 Å². The van der Waals surface area contributed by atoms with Crippen molar-refractivity contribution >= 4 is 0 Å². The molecular formula is C9H23N3. The van der Waals surface area contributed by atoms with Crippen molar-refractivity contribution in [2.24, 2.45) is 0 Å². The summed E-state index contributed by atoms with van der Waals surface area (Å²) in [6, 6.07) is 0. The Labute approximate surface area is 76.7 Å². The van der Waals surface area contributed by atoms with E-state index in [0.717, 1.165) is 13.1 Å². The Hall–Kier alpha value is -0.120. The van der Waals surface area contributed by atoms with Gasteiger partial charge in [-0.15, -0.1) is 0 Å². The predicted octanol–water partition coefficient (Wildman–Crippen LogP) is 0.785. The molecule has 1 heterocycles. The Morgan fingerprint density at radius 2 is 1.83 bits per heavy atom. The molecule has 0 unspecified atom stereocenters. The Balaban J connectivity index is 0.000000561. The molecule has 1 rings (SSSR count). The highest BCUT2D eigenvalue weighted by molar-refractivity contribution is 4.62. The van der Waals surface area contributed by atoms with Crippen molar-refractivity contribution in [3.8, 4) is 0 Å². The first-order chi connectivity index (χ1) is 5.83. The van der Waals surface area contributed by atoms with E-state index in [-0.39, 0.29) is 0 Å². The van der Waals surface area contributed by atoms with E-state index in [2.05, 4.69) is 29.3 Å². The van der Waals surface area contributed by atoms with Crippen LogP contribution in [-0.4, -0.2) is 49.7 Å². The van der Waals surface area contributed by atoms with Gasteiger partial charge in [-0.1, -0.05) is 20.8 Å². The van der Waals surface area contributed by atoms with E-state index in [9.17, 15) is 0 Å². The molecule has 3 heteroatoms. The molecule has 0 aromatic carbocycles. The number of hydrazine groups is 1. The van der Waals surface area contributed by atoms with Gasteiger partial charge in [0.2, 0.25) is 0 Å². The van der Waals surface area contributed by atoms with Crippen LogP contribution in [0.4, 0.5) is 0 Å². The van der Waals surface area contributed by atoms with Gasteiger partial charge < -0.3 is 4.90 Å². The van der Waals surface area contributed by atoms with Crippen LogP contribution >= 0.6 is 0 Å². The molecule has 0 spiro atoms. The molecule has 12 heavy (non-hydrogen) atoms. The molecule has 0 aromatic rings. The van der Waals surface area contributed by atoms with Crippen LogP contribution in [0, 0.1) is 0 Å². The van der Waals surface area contributed by atoms with E-state index >= 15 is 0 Å². The summed E-state index contributed by atoms with van der Waals surface area (Å²) < 4.78 is 0. The van der Waals surface area contributed by atoms with Crippen LogP contribution in [0.5, 0.6) is 0 Å². The first-order valence-electron chi connectivity index (χ1n) is 5.00. The maximum absolute atomic E-state index is 3.30. The Kier molecular flexibility index (Phi) is 7.45. The molecule has 0 bridgehead atoms.